The maximum Gasteiger partial charge on any atom is 0.336 e. The summed E-state index contributed by atoms with van der Waals surface area (Å²) >= 11 is 0. The first-order valence-electron chi connectivity index (χ1n) is 7.76. The first-order valence-corrected chi connectivity index (χ1v) is 10.7. The lowest BCUT2D eigenvalue weighted by Gasteiger charge is -2.45. The molecule has 2 aliphatic rings. The molecule has 0 N–H and O–H groups in total. The summed E-state index contributed by atoms with van der Waals surface area (Å²) in [5.74, 6) is -0.156. The van der Waals surface area contributed by atoms with Crippen molar-refractivity contribution >= 4 is 14.3 Å². The smallest absolute Gasteiger partial charge is 0.336 e. The number of hydrogen-bond donors (Lipinski definition) is 0. The van der Waals surface area contributed by atoms with Crippen molar-refractivity contribution in [1.82, 2.24) is 0 Å². The Bertz CT molecular complexity index is 412. The fourth-order valence-corrected chi connectivity index (χ4v) is 4.50. The van der Waals surface area contributed by atoms with Gasteiger partial charge >= 0.3 is 5.97 Å². The van der Waals surface area contributed by atoms with E-state index in [2.05, 4.69) is 39.9 Å². The van der Waals surface area contributed by atoms with Gasteiger partial charge in [0.05, 0.1) is 17.8 Å². The predicted octanol–water partition coefficient (Wildman–Crippen LogP) is 4.19. The molecule has 2 rings (SSSR count). The van der Waals surface area contributed by atoms with E-state index in [1.165, 1.54) is 0 Å². The molecule has 4 heteroatoms. The van der Waals surface area contributed by atoms with Gasteiger partial charge in [-0.2, -0.15) is 0 Å². The van der Waals surface area contributed by atoms with Crippen LogP contribution in [0.15, 0.2) is 11.6 Å². The molecule has 1 aliphatic carbocycles. The molecular weight excluding hydrogens is 268 g/mol. The number of ether oxygens (including phenoxy) is 1. The van der Waals surface area contributed by atoms with Crippen molar-refractivity contribution in [3.8, 4) is 0 Å². The largest absolute Gasteiger partial charge is 0.462 e. The Morgan fingerprint density at radius 3 is 2.35 bits per heavy atom. The van der Waals surface area contributed by atoms with Crippen LogP contribution in [0.25, 0.3) is 0 Å². The molecule has 1 fully saturated rings. The summed E-state index contributed by atoms with van der Waals surface area (Å²) in [5, 5.41) is 0.154. The van der Waals surface area contributed by atoms with Gasteiger partial charge in [0.25, 0.3) is 0 Å². The minimum Gasteiger partial charge on any atom is -0.462 e. The number of cyclic esters (lactones) is 1. The predicted molar refractivity (Wildman–Crippen MR) is 83.1 cm³/mol. The SMILES string of the molecule is CC(C)(C)[Si](C)(C)OC1(C2=CCCOC2=O)CCCC1. The number of hydrogen-bond acceptors (Lipinski definition) is 3. The molecule has 0 radical (unpaired) electrons. The molecule has 1 heterocycles. The van der Waals surface area contributed by atoms with E-state index >= 15 is 0 Å². The summed E-state index contributed by atoms with van der Waals surface area (Å²) in [6.45, 7) is 11.8. The van der Waals surface area contributed by atoms with Gasteiger partial charge in [0.2, 0.25) is 0 Å². The van der Waals surface area contributed by atoms with Crippen molar-refractivity contribution in [3.05, 3.63) is 11.6 Å². The average molecular weight is 296 g/mol. The van der Waals surface area contributed by atoms with E-state index in [1.54, 1.807) is 0 Å². The molecule has 0 aromatic carbocycles. The number of carbonyl (C=O) groups is 1. The van der Waals surface area contributed by atoms with Gasteiger partial charge in [-0.1, -0.05) is 39.7 Å². The topological polar surface area (TPSA) is 35.5 Å². The van der Waals surface area contributed by atoms with Crippen molar-refractivity contribution in [2.45, 2.75) is 76.6 Å². The van der Waals surface area contributed by atoms with Crippen LogP contribution < -0.4 is 0 Å². The lowest BCUT2D eigenvalue weighted by molar-refractivity contribution is -0.142. The first kappa shape index (κ1) is 15.8. The molecule has 0 unspecified atom stereocenters. The van der Waals surface area contributed by atoms with Crippen LogP contribution in [0.5, 0.6) is 0 Å². The van der Waals surface area contributed by atoms with E-state index < -0.39 is 8.32 Å². The van der Waals surface area contributed by atoms with Crippen LogP contribution in [0.4, 0.5) is 0 Å². The highest BCUT2D eigenvalue weighted by Crippen LogP contribution is 2.47. The third-order valence-corrected chi connectivity index (χ3v) is 9.59. The van der Waals surface area contributed by atoms with Crippen molar-refractivity contribution in [2.75, 3.05) is 6.61 Å². The first-order chi connectivity index (χ1) is 9.18. The molecule has 0 amide bonds. The van der Waals surface area contributed by atoms with Gasteiger partial charge in [-0.25, -0.2) is 4.79 Å². The highest BCUT2D eigenvalue weighted by Gasteiger charge is 2.50. The van der Waals surface area contributed by atoms with E-state index in [4.69, 9.17) is 9.16 Å². The van der Waals surface area contributed by atoms with Gasteiger partial charge in [0.1, 0.15) is 0 Å². The van der Waals surface area contributed by atoms with Crippen LogP contribution in [0.2, 0.25) is 18.1 Å². The van der Waals surface area contributed by atoms with E-state index in [0.29, 0.717) is 6.61 Å². The van der Waals surface area contributed by atoms with Gasteiger partial charge in [-0.05, 0) is 31.0 Å². The molecule has 1 aliphatic heterocycles. The third-order valence-electron chi connectivity index (χ3n) is 5.08. The second-order valence-electron chi connectivity index (χ2n) is 7.61. The summed E-state index contributed by atoms with van der Waals surface area (Å²) in [6.07, 6.45) is 7.08. The zero-order valence-electron chi connectivity index (χ0n) is 13.5. The highest BCUT2D eigenvalue weighted by molar-refractivity contribution is 6.74. The quantitative estimate of drug-likeness (QED) is 0.578. The zero-order valence-corrected chi connectivity index (χ0v) is 14.5. The zero-order chi connectivity index (χ0) is 15.0. The van der Waals surface area contributed by atoms with Crippen LogP contribution in [-0.2, 0) is 14.0 Å². The Kier molecular flexibility index (Phi) is 4.18. The maximum atomic E-state index is 12.2. The molecule has 0 bridgehead atoms. The molecule has 0 atom stereocenters. The van der Waals surface area contributed by atoms with Gasteiger partial charge in [-0.15, -0.1) is 0 Å². The van der Waals surface area contributed by atoms with Crippen LogP contribution >= 0.6 is 0 Å². The van der Waals surface area contributed by atoms with Crippen molar-refractivity contribution in [1.29, 1.82) is 0 Å². The van der Waals surface area contributed by atoms with Crippen LogP contribution in [0.3, 0.4) is 0 Å². The Labute approximate surface area is 123 Å². The highest BCUT2D eigenvalue weighted by atomic mass is 28.4. The number of carbonyl (C=O) groups excluding carboxylic acids is 1. The number of esters is 1. The van der Waals surface area contributed by atoms with E-state index in [1.807, 2.05) is 0 Å². The number of rotatable bonds is 3. The van der Waals surface area contributed by atoms with Gasteiger partial charge in [-0.3, -0.25) is 0 Å². The van der Waals surface area contributed by atoms with Crippen molar-refractivity contribution in [3.63, 3.8) is 0 Å². The Morgan fingerprint density at radius 1 is 1.25 bits per heavy atom. The summed E-state index contributed by atoms with van der Waals surface area (Å²) in [6, 6.07) is 0. The lowest BCUT2D eigenvalue weighted by atomic mass is 9.90. The molecule has 1 saturated carbocycles. The molecule has 0 aromatic heterocycles. The fourth-order valence-electron chi connectivity index (χ4n) is 2.90. The summed E-state index contributed by atoms with van der Waals surface area (Å²) in [5.41, 5.74) is 0.423. The molecule has 0 aromatic rings. The molecule has 20 heavy (non-hydrogen) atoms. The second kappa shape index (κ2) is 5.30. The van der Waals surface area contributed by atoms with Gasteiger partial charge < -0.3 is 9.16 Å². The Morgan fingerprint density at radius 2 is 1.85 bits per heavy atom. The van der Waals surface area contributed by atoms with E-state index in [9.17, 15) is 4.79 Å². The Balaban J connectivity index is 2.31. The lowest BCUT2D eigenvalue weighted by Crippen LogP contribution is -2.51. The van der Waals surface area contributed by atoms with Gasteiger partial charge in [0.15, 0.2) is 8.32 Å². The Hall–Kier alpha value is -0.613. The third kappa shape index (κ3) is 2.86. The average Bonchev–Trinajstić information content (AvgIpc) is 2.76. The van der Waals surface area contributed by atoms with E-state index in [-0.39, 0.29) is 16.6 Å². The van der Waals surface area contributed by atoms with E-state index in [0.717, 1.165) is 37.7 Å². The fraction of sp³-hybridized carbons (Fsp3) is 0.812. The molecular formula is C16H28O3Si. The molecule has 0 saturated heterocycles. The van der Waals surface area contributed by atoms with Crippen LogP contribution in [0, 0.1) is 0 Å². The minimum atomic E-state index is -1.90. The molecule has 114 valence electrons. The maximum absolute atomic E-state index is 12.2. The van der Waals surface area contributed by atoms with Crippen molar-refractivity contribution < 1.29 is 14.0 Å². The standard InChI is InChI=1S/C16H28O3Si/c1-15(2,3)20(4,5)19-16(10-6-7-11-16)13-9-8-12-18-14(13)17/h9H,6-8,10-12H2,1-5H3. The molecule has 0 spiro atoms. The van der Waals surface area contributed by atoms with Crippen LogP contribution in [-0.4, -0.2) is 26.5 Å². The minimum absolute atomic E-state index is 0.154. The van der Waals surface area contributed by atoms with Crippen LogP contribution in [0.1, 0.15) is 52.9 Å². The summed E-state index contributed by atoms with van der Waals surface area (Å²) in [4.78, 5) is 12.2. The van der Waals surface area contributed by atoms with Crippen molar-refractivity contribution in [2.24, 2.45) is 0 Å². The monoisotopic (exact) mass is 296 g/mol. The van der Waals surface area contributed by atoms with Gasteiger partial charge in [0, 0.05) is 6.42 Å². The normalized spacial score (nSPS) is 23.4. The molecule has 3 nitrogen and oxygen atoms in total. The summed E-state index contributed by atoms with van der Waals surface area (Å²) in [7, 11) is -1.90. The second-order valence-corrected chi connectivity index (χ2v) is 12.3. The summed E-state index contributed by atoms with van der Waals surface area (Å²) < 4.78 is 12.0.